The van der Waals surface area contributed by atoms with Crippen LogP contribution in [0.25, 0.3) is 0 Å². The molecule has 1 aliphatic rings. The fourth-order valence-electron chi connectivity index (χ4n) is 3.31. The lowest BCUT2D eigenvalue weighted by molar-refractivity contribution is 0.0742. The van der Waals surface area contributed by atoms with Crippen molar-refractivity contribution >= 4 is 28.6 Å². The number of ether oxygens (including phenoxy) is 1. The molecule has 27 heavy (non-hydrogen) atoms. The Morgan fingerprint density at radius 3 is 2.89 bits per heavy atom. The van der Waals surface area contributed by atoms with Gasteiger partial charge < -0.3 is 9.64 Å². The van der Waals surface area contributed by atoms with Gasteiger partial charge in [0.25, 0.3) is 5.91 Å². The molecule has 4 rings (SSSR count). The first-order chi connectivity index (χ1) is 13.1. The topological polar surface area (TPSA) is 42.4 Å². The Kier molecular flexibility index (Phi) is 5.22. The molecule has 7 heteroatoms. The Labute approximate surface area is 165 Å². The summed E-state index contributed by atoms with van der Waals surface area (Å²) in [6, 6.07) is 10.2. The van der Waals surface area contributed by atoms with E-state index in [0.717, 1.165) is 30.1 Å². The van der Waals surface area contributed by atoms with Crippen LogP contribution in [0.2, 0.25) is 0 Å². The monoisotopic (exact) mass is 402 g/mol. The molecule has 1 saturated heterocycles. The lowest BCUT2D eigenvalue weighted by Gasteiger charge is -2.23. The Bertz CT molecular complexity index is 922. The zero-order valence-corrected chi connectivity index (χ0v) is 16.5. The lowest BCUT2D eigenvalue weighted by Crippen LogP contribution is -2.30. The number of halogens is 1. The van der Waals surface area contributed by atoms with Crippen molar-refractivity contribution in [1.82, 2.24) is 9.88 Å². The van der Waals surface area contributed by atoms with Crippen LogP contribution in [0.15, 0.2) is 41.8 Å². The van der Waals surface area contributed by atoms with E-state index in [2.05, 4.69) is 16.4 Å². The quantitative estimate of drug-likeness (QED) is 0.588. The predicted octanol–water partition coefficient (Wildman–Crippen LogP) is 5.21. The van der Waals surface area contributed by atoms with Gasteiger partial charge in [0.2, 0.25) is 0 Å². The van der Waals surface area contributed by atoms with Crippen molar-refractivity contribution in [3.8, 4) is 5.75 Å². The van der Waals surface area contributed by atoms with Gasteiger partial charge in [0.1, 0.15) is 28.1 Å². The molecule has 0 N–H and O–H groups in total. The standard InChI is InChI=1S/C20H19FN2O2S2/c1-13-19(20(24)23-10-2-4-16(23)17-5-3-11-26-17)27-18(22-13)12-25-15-8-6-14(21)7-9-15/h3,5-9,11,16H,2,4,10,12H2,1H3. The van der Waals surface area contributed by atoms with Gasteiger partial charge in [0.05, 0.1) is 11.7 Å². The molecular formula is C20H19FN2O2S2. The third kappa shape index (κ3) is 3.89. The Balaban J connectivity index is 1.47. The zero-order valence-electron chi connectivity index (χ0n) is 14.9. The summed E-state index contributed by atoms with van der Waals surface area (Å²) < 4.78 is 18.6. The number of carbonyl (C=O) groups is 1. The SMILES string of the molecule is Cc1nc(COc2ccc(F)cc2)sc1C(=O)N1CCCC1c1cccs1. The first kappa shape index (κ1) is 18.1. The molecular weight excluding hydrogens is 383 g/mol. The lowest BCUT2D eigenvalue weighted by atomic mass is 10.2. The fraction of sp³-hybridized carbons (Fsp3) is 0.300. The van der Waals surface area contributed by atoms with Crippen molar-refractivity contribution in [2.75, 3.05) is 6.54 Å². The molecule has 3 heterocycles. The first-order valence-corrected chi connectivity index (χ1v) is 10.5. The van der Waals surface area contributed by atoms with E-state index in [1.54, 1.807) is 23.5 Å². The first-order valence-electron chi connectivity index (χ1n) is 8.81. The van der Waals surface area contributed by atoms with Crippen molar-refractivity contribution in [3.05, 3.63) is 68.1 Å². The smallest absolute Gasteiger partial charge is 0.266 e. The summed E-state index contributed by atoms with van der Waals surface area (Å²) in [5, 5.41) is 2.80. The summed E-state index contributed by atoms with van der Waals surface area (Å²) in [5.41, 5.74) is 0.736. The van der Waals surface area contributed by atoms with E-state index in [9.17, 15) is 9.18 Å². The third-order valence-electron chi connectivity index (χ3n) is 4.60. The van der Waals surface area contributed by atoms with E-state index in [0.29, 0.717) is 10.6 Å². The third-order valence-corrected chi connectivity index (χ3v) is 6.69. The van der Waals surface area contributed by atoms with Gasteiger partial charge in [-0.1, -0.05) is 6.07 Å². The minimum Gasteiger partial charge on any atom is -0.486 e. The largest absolute Gasteiger partial charge is 0.486 e. The molecule has 0 saturated carbocycles. The van der Waals surface area contributed by atoms with Crippen LogP contribution in [-0.4, -0.2) is 22.3 Å². The molecule has 1 fully saturated rings. The van der Waals surface area contributed by atoms with Crippen molar-refractivity contribution < 1.29 is 13.9 Å². The molecule has 0 radical (unpaired) electrons. The number of likely N-dealkylation sites (tertiary alicyclic amines) is 1. The van der Waals surface area contributed by atoms with Crippen LogP contribution >= 0.6 is 22.7 Å². The number of thiophene rings is 1. The van der Waals surface area contributed by atoms with Crippen LogP contribution in [0, 0.1) is 12.7 Å². The minimum absolute atomic E-state index is 0.0499. The molecule has 0 aliphatic carbocycles. The van der Waals surface area contributed by atoms with E-state index in [4.69, 9.17) is 4.74 Å². The number of carbonyl (C=O) groups excluding carboxylic acids is 1. The number of rotatable bonds is 5. The molecule has 140 valence electrons. The minimum atomic E-state index is -0.300. The van der Waals surface area contributed by atoms with E-state index in [1.807, 2.05) is 17.9 Å². The van der Waals surface area contributed by atoms with Crippen molar-refractivity contribution in [1.29, 1.82) is 0 Å². The van der Waals surface area contributed by atoms with E-state index in [-0.39, 0.29) is 24.4 Å². The van der Waals surface area contributed by atoms with Crippen LogP contribution in [0.3, 0.4) is 0 Å². The second-order valence-electron chi connectivity index (χ2n) is 6.44. The Morgan fingerprint density at radius 1 is 1.33 bits per heavy atom. The maximum atomic E-state index is 13.1. The number of amides is 1. The van der Waals surface area contributed by atoms with Crippen LogP contribution < -0.4 is 4.74 Å². The van der Waals surface area contributed by atoms with Crippen LogP contribution in [0.5, 0.6) is 5.75 Å². The second kappa shape index (κ2) is 7.78. The van der Waals surface area contributed by atoms with Gasteiger partial charge in [0, 0.05) is 11.4 Å². The molecule has 1 unspecified atom stereocenters. The van der Waals surface area contributed by atoms with Crippen molar-refractivity contribution in [2.24, 2.45) is 0 Å². The van der Waals surface area contributed by atoms with Crippen molar-refractivity contribution in [2.45, 2.75) is 32.4 Å². The average Bonchev–Trinajstić information content (AvgIpc) is 3.41. The molecule has 0 spiro atoms. The van der Waals surface area contributed by atoms with Gasteiger partial charge in [-0.05, 0) is 55.5 Å². The summed E-state index contributed by atoms with van der Waals surface area (Å²) >= 11 is 3.08. The number of hydrogen-bond acceptors (Lipinski definition) is 5. The maximum Gasteiger partial charge on any atom is 0.266 e. The average molecular weight is 403 g/mol. The highest BCUT2D eigenvalue weighted by Gasteiger charge is 2.33. The molecule has 0 bridgehead atoms. The molecule has 3 aromatic rings. The summed E-state index contributed by atoms with van der Waals surface area (Å²) in [6.45, 7) is 2.90. The number of aryl methyl sites for hydroxylation is 1. The number of nitrogens with zero attached hydrogens (tertiary/aromatic N) is 2. The van der Waals surface area contributed by atoms with Crippen LogP contribution in [0.1, 0.15) is 44.1 Å². The second-order valence-corrected chi connectivity index (χ2v) is 8.50. The molecule has 1 atom stereocenters. The summed E-state index contributed by atoms with van der Waals surface area (Å²) in [6.07, 6.45) is 2.03. The van der Waals surface area contributed by atoms with E-state index in [1.165, 1.54) is 28.3 Å². The Morgan fingerprint density at radius 2 is 2.15 bits per heavy atom. The van der Waals surface area contributed by atoms with Gasteiger partial charge >= 0.3 is 0 Å². The summed E-state index contributed by atoms with van der Waals surface area (Å²) in [7, 11) is 0. The highest BCUT2D eigenvalue weighted by atomic mass is 32.1. The van der Waals surface area contributed by atoms with Gasteiger partial charge in [-0.2, -0.15) is 0 Å². The normalized spacial score (nSPS) is 16.7. The Hall–Kier alpha value is -2.25. The molecule has 2 aromatic heterocycles. The number of benzene rings is 1. The number of thiazole rings is 1. The van der Waals surface area contributed by atoms with E-state index < -0.39 is 0 Å². The predicted molar refractivity (Wildman–Crippen MR) is 105 cm³/mol. The number of aromatic nitrogens is 1. The van der Waals surface area contributed by atoms with Crippen LogP contribution in [-0.2, 0) is 6.61 Å². The van der Waals surface area contributed by atoms with Gasteiger partial charge in [-0.15, -0.1) is 22.7 Å². The highest BCUT2D eigenvalue weighted by molar-refractivity contribution is 7.13. The van der Waals surface area contributed by atoms with E-state index >= 15 is 0 Å². The molecule has 1 aromatic carbocycles. The molecule has 4 nitrogen and oxygen atoms in total. The molecule has 1 amide bonds. The van der Waals surface area contributed by atoms with Gasteiger partial charge in [-0.3, -0.25) is 4.79 Å². The van der Waals surface area contributed by atoms with Crippen molar-refractivity contribution in [3.63, 3.8) is 0 Å². The van der Waals surface area contributed by atoms with Gasteiger partial charge in [0.15, 0.2) is 0 Å². The number of hydrogen-bond donors (Lipinski definition) is 0. The summed E-state index contributed by atoms with van der Waals surface area (Å²) in [5.74, 6) is 0.328. The maximum absolute atomic E-state index is 13.1. The summed E-state index contributed by atoms with van der Waals surface area (Å²) in [4.78, 5) is 21.5. The van der Waals surface area contributed by atoms with Gasteiger partial charge in [-0.25, -0.2) is 9.37 Å². The molecule has 1 aliphatic heterocycles. The zero-order chi connectivity index (χ0) is 18.8. The fourth-order valence-corrected chi connectivity index (χ4v) is 5.11. The highest BCUT2D eigenvalue weighted by Crippen LogP contribution is 2.36. The van der Waals surface area contributed by atoms with Crippen LogP contribution in [0.4, 0.5) is 4.39 Å².